The molecule has 0 saturated carbocycles. The van der Waals surface area contributed by atoms with Gasteiger partial charge in [-0.3, -0.25) is 4.79 Å². The number of anilines is 1. The Morgan fingerprint density at radius 3 is 2.54 bits per heavy atom. The highest BCUT2D eigenvalue weighted by Gasteiger charge is 2.21. The maximum absolute atomic E-state index is 12.7. The first kappa shape index (κ1) is 18.1. The van der Waals surface area contributed by atoms with Crippen molar-refractivity contribution >= 4 is 11.6 Å². The molecule has 26 heavy (non-hydrogen) atoms. The number of hydrogen-bond acceptors (Lipinski definition) is 4. The average molecular weight is 355 g/mol. The van der Waals surface area contributed by atoms with Gasteiger partial charge in [0, 0.05) is 6.07 Å². The van der Waals surface area contributed by atoms with E-state index in [1.54, 1.807) is 32.4 Å². The Hall–Kier alpha value is -2.69. The first-order chi connectivity index (χ1) is 12.6. The molecule has 2 aromatic carbocycles. The standard InChI is InChI=1S/C21H25NO4/c1-4-19(26-17-9-8-14-6-5-7-15(14)12-17)21(23)22-18-11-10-16(24-2)13-20(18)25-3/h8-13,19H,4-7H2,1-3H3,(H,22,23). The summed E-state index contributed by atoms with van der Waals surface area (Å²) in [6, 6.07) is 11.4. The van der Waals surface area contributed by atoms with Crippen molar-refractivity contribution in [3.63, 3.8) is 0 Å². The maximum Gasteiger partial charge on any atom is 0.265 e. The first-order valence-corrected chi connectivity index (χ1v) is 8.96. The van der Waals surface area contributed by atoms with Crippen LogP contribution in [0, 0.1) is 0 Å². The fraction of sp³-hybridized carbons (Fsp3) is 0.381. The molecule has 0 fully saturated rings. The number of fused-ring (bicyclic) bond motifs is 1. The van der Waals surface area contributed by atoms with E-state index in [9.17, 15) is 4.79 Å². The van der Waals surface area contributed by atoms with Crippen LogP contribution in [0.1, 0.15) is 30.9 Å². The van der Waals surface area contributed by atoms with Crippen LogP contribution in [-0.2, 0) is 17.6 Å². The van der Waals surface area contributed by atoms with Crippen LogP contribution in [0.15, 0.2) is 36.4 Å². The summed E-state index contributed by atoms with van der Waals surface area (Å²) in [7, 11) is 3.15. The van der Waals surface area contributed by atoms with Gasteiger partial charge in [0.2, 0.25) is 0 Å². The van der Waals surface area contributed by atoms with Crippen LogP contribution in [0.3, 0.4) is 0 Å². The number of carbonyl (C=O) groups excluding carboxylic acids is 1. The molecule has 138 valence electrons. The van der Waals surface area contributed by atoms with Gasteiger partial charge in [-0.25, -0.2) is 0 Å². The number of rotatable bonds is 7. The summed E-state index contributed by atoms with van der Waals surface area (Å²) in [6.07, 6.45) is 3.40. The predicted molar refractivity (Wildman–Crippen MR) is 101 cm³/mol. The molecule has 1 N–H and O–H groups in total. The molecule has 1 unspecified atom stereocenters. The van der Waals surface area contributed by atoms with Gasteiger partial charge in [0.15, 0.2) is 6.10 Å². The van der Waals surface area contributed by atoms with E-state index in [-0.39, 0.29) is 5.91 Å². The number of aryl methyl sites for hydroxylation is 2. The minimum absolute atomic E-state index is 0.198. The summed E-state index contributed by atoms with van der Waals surface area (Å²) in [5.41, 5.74) is 3.31. The summed E-state index contributed by atoms with van der Waals surface area (Å²) in [4.78, 5) is 12.7. The van der Waals surface area contributed by atoms with E-state index in [4.69, 9.17) is 14.2 Å². The van der Waals surface area contributed by atoms with E-state index in [0.717, 1.165) is 18.6 Å². The Bertz CT molecular complexity index is 788. The number of nitrogens with one attached hydrogen (secondary N) is 1. The summed E-state index contributed by atoms with van der Waals surface area (Å²) in [6.45, 7) is 1.93. The minimum Gasteiger partial charge on any atom is -0.497 e. The van der Waals surface area contributed by atoms with E-state index in [1.807, 2.05) is 13.0 Å². The van der Waals surface area contributed by atoms with E-state index in [0.29, 0.717) is 23.6 Å². The third-order valence-electron chi connectivity index (χ3n) is 4.68. The molecule has 3 rings (SSSR count). The summed E-state index contributed by atoms with van der Waals surface area (Å²) < 4.78 is 16.5. The second-order valence-corrected chi connectivity index (χ2v) is 6.35. The minimum atomic E-state index is -0.568. The Labute approximate surface area is 154 Å². The Kier molecular flexibility index (Phi) is 5.66. The molecule has 0 saturated heterocycles. The zero-order valence-corrected chi connectivity index (χ0v) is 15.5. The maximum atomic E-state index is 12.7. The molecule has 2 aromatic rings. The van der Waals surface area contributed by atoms with Crippen LogP contribution >= 0.6 is 0 Å². The van der Waals surface area contributed by atoms with Crippen molar-refractivity contribution < 1.29 is 19.0 Å². The zero-order chi connectivity index (χ0) is 18.5. The van der Waals surface area contributed by atoms with Crippen LogP contribution in [0.2, 0.25) is 0 Å². The number of amides is 1. The Morgan fingerprint density at radius 1 is 1.04 bits per heavy atom. The molecule has 0 bridgehead atoms. The molecular formula is C21H25NO4. The highest BCUT2D eigenvalue weighted by molar-refractivity contribution is 5.95. The van der Waals surface area contributed by atoms with Crippen LogP contribution in [0.25, 0.3) is 0 Å². The molecule has 1 aliphatic carbocycles. The van der Waals surface area contributed by atoms with Crippen LogP contribution in [-0.4, -0.2) is 26.2 Å². The van der Waals surface area contributed by atoms with E-state index >= 15 is 0 Å². The topological polar surface area (TPSA) is 56.8 Å². The van der Waals surface area contributed by atoms with Crippen molar-refractivity contribution in [1.82, 2.24) is 0 Å². The monoisotopic (exact) mass is 355 g/mol. The number of benzene rings is 2. The molecule has 0 aliphatic heterocycles. The molecule has 1 atom stereocenters. The number of hydrogen-bond donors (Lipinski definition) is 1. The lowest BCUT2D eigenvalue weighted by molar-refractivity contribution is -0.122. The van der Waals surface area contributed by atoms with Crippen molar-refractivity contribution in [1.29, 1.82) is 0 Å². The fourth-order valence-corrected chi connectivity index (χ4v) is 3.22. The van der Waals surface area contributed by atoms with Crippen molar-refractivity contribution in [3.8, 4) is 17.2 Å². The summed E-state index contributed by atoms with van der Waals surface area (Å²) in [5.74, 6) is 1.76. The zero-order valence-electron chi connectivity index (χ0n) is 15.5. The fourth-order valence-electron chi connectivity index (χ4n) is 3.22. The van der Waals surface area contributed by atoms with Crippen molar-refractivity contribution in [3.05, 3.63) is 47.5 Å². The lowest BCUT2D eigenvalue weighted by atomic mass is 10.1. The third-order valence-corrected chi connectivity index (χ3v) is 4.68. The summed E-state index contributed by atoms with van der Waals surface area (Å²) in [5, 5.41) is 2.89. The Morgan fingerprint density at radius 2 is 1.81 bits per heavy atom. The molecular weight excluding hydrogens is 330 g/mol. The Balaban J connectivity index is 1.71. The molecule has 0 radical (unpaired) electrons. The van der Waals surface area contributed by atoms with E-state index < -0.39 is 6.10 Å². The van der Waals surface area contributed by atoms with E-state index in [2.05, 4.69) is 17.4 Å². The summed E-state index contributed by atoms with van der Waals surface area (Å²) >= 11 is 0. The number of ether oxygens (including phenoxy) is 3. The van der Waals surface area contributed by atoms with Crippen molar-refractivity contribution in [2.45, 2.75) is 38.7 Å². The second kappa shape index (κ2) is 8.13. The number of methoxy groups -OCH3 is 2. The van der Waals surface area contributed by atoms with Crippen molar-refractivity contribution in [2.75, 3.05) is 19.5 Å². The largest absolute Gasteiger partial charge is 0.497 e. The second-order valence-electron chi connectivity index (χ2n) is 6.35. The lowest BCUT2D eigenvalue weighted by Gasteiger charge is -2.19. The SMILES string of the molecule is CCC(Oc1ccc2c(c1)CCC2)C(=O)Nc1ccc(OC)cc1OC. The third kappa shape index (κ3) is 3.93. The molecule has 0 heterocycles. The van der Waals surface area contributed by atoms with Gasteiger partial charge in [0.1, 0.15) is 17.2 Å². The van der Waals surface area contributed by atoms with Crippen molar-refractivity contribution in [2.24, 2.45) is 0 Å². The van der Waals surface area contributed by atoms with Crippen LogP contribution in [0.4, 0.5) is 5.69 Å². The number of carbonyl (C=O) groups is 1. The average Bonchev–Trinajstić information content (AvgIpc) is 3.14. The highest BCUT2D eigenvalue weighted by atomic mass is 16.5. The van der Waals surface area contributed by atoms with Gasteiger partial charge in [-0.15, -0.1) is 0 Å². The quantitative estimate of drug-likeness (QED) is 0.816. The molecule has 0 aromatic heterocycles. The highest BCUT2D eigenvalue weighted by Crippen LogP contribution is 2.30. The van der Waals surface area contributed by atoms with E-state index in [1.165, 1.54) is 17.5 Å². The van der Waals surface area contributed by atoms with Gasteiger partial charge >= 0.3 is 0 Å². The molecule has 0 spiro atoms. The van der Waals surface area contributed by atoms with Gasteiger partial charge in [0.05, 0.1) is 19.9 Å². The lowest BCUT2D eigenvalue weighted by Crippen LogP contribution is -2.32. The van der Waals surface area contributed by atoms with Gasteiger partial charge < -0.3 is 19.5 Å². The molecule has 5 heteroatoms. The van der Waals surface area contributed by atoms with Gasteiger partial charge in [0.25, 0.3) is 5.91 Å². The first-order valence-electron chi connectivity index (χ1n) is 8.96. The normalized spacial score (nSPS) is 13.7. The molecule has 5 nitrogen and oxygen atoms in total. The van der Waals surface area contributed by atoms with Crippen LogP contribution in [0.5, 0.6) is 17.2 Å². The van der Waals surface area contributed by atoms with Gasteiger partial charge in [-0.2, -0.15) is 0 Å². The van der Waals surface area contributed by atoms with Gasteiger partial charge in [-0.05, 0) is 61.1 Å². The van der Waals surface area contributed by atoms with Gasteiger partial charge in [-0.1, -0.05) is 13.0 Å². The molecule has 1 amide bonds. The van der Waals surface area contributed by atoms with Crippen LogP contribution < -0.4 is 19.5 Å². The molecule has 1 aliphatic rings. The predicted octanol–water partition coefficient (Wildman–Crippen LogP) is 3.99. The smallest absolute Gasteiger partial charge is 0.265 e.